The van der Waals surface area contributed by atoms with Crippen molar-refractivity contribution >= 4 is 23.5 Å². The predicted octanol–water partition coefficient (Wildman–Crippen LogP) is 2.71. The van der Waals surface area contributed by atoms with E-state index in [1.54, 1.807) is 19.1 Å². The molecule has 19 heavy (non-hydrogen) atoms. The lowest BCUT2D eigenvalue weighted by Crippen LogP contribution is -2.07. The summed E-state index contributed by atoms with van der Waals surface area (Å²) in [5.41, 5.74) is 2.15. The lowest BCUT2D eigenvalue weighted by atomic mass is 10.0. The molecule has 4 nitrogen and oxygen atoms in total. The second kappa shape index (κ2) is 7.79. The molecule has 1 aromatic carbocycles. The van der Waals surface area contributed by atoms with Crippen LogP contribution in [-0.2, 0) is 26.6 Å². The molecule has 0 saturated heterocycles. The van der Waals surface area contributed by atoms with Gasteiger partial charge in [0.15, 0.2) is 0 Å². The maximum absolute atomic E-state index is 11.7. The van der Waals surface area contributed by atoms with Gasteiger partial charge < -0.3 is 9.47 Å². The zero-order valence-electron chi connectivity index (χ0n) is 11.1. The third kappa shape index (κ3) is 4.91. The van der Waals surface area contributed by atoms with E-state index in [2.05, 4.69) is 4.74 Å². The fourth-order valence-electron chi connectivity index (χ4n) is 1.66. The van der Waals surface area contributed by atoms with Crippen LogP contribution in [0.15, 0.2) is 18.2 Å². The number of hydrogen-bond acceptors (Lipinski definition) is 4. The van der Waals surface area contributed by atoms with E-state index in [1.165, 1.54) is 7.11 Å². The van der Waals surface area contributed by atoms with Crippen molar-refractivity contribution in [2.24, 2.45) is 0 Å². The summed E-state index contributed by atoms with van der Waals surface area (Å²) in [4.78, 5) is 22.8. The van der Waals surface area contributed by atoms with E-state index >= 15 is 0 Å². The molecule has 0 N–H and O–H groups in total. The van der Waals surface area contributed by atoms with Gasteiger partial charge in [-0.25, -0.2) is 4.79 Å². The van der Waals surface area contributed by atoms with Gasteiger partial charge in [-0.3, -0.25) is 4.79 Å². The van der Waals surface area contributed by atoms with Gasteiger partial charge in [-0.2, -0.15) is 0 Å². The highest BCUT2D eigenvalue weighted by molar-refractivity contribution is 6.17. The number of hydrogen-bond donors (Lipinski definition) is 0. The molecule has 0 saturated carbocycles. The summed E-state index contributed by atoms with van der Waals surface area (Å²) in [6, 6.07) is 5.29. The Balaban J connectivity index is 2.88. The minimum atomic E-state index is -0.381. The van der Waals surface area contributed by atoms with Crippen molar-refractivity contribution in [2.45, 2.75) is 25.6 Å². The topological polar surface area (TPSA) is 52.6 Å². The van der Waals surface area contributed by atoms with Crippen LogP contribution < -0.4 is 0 Å². The van der Waals surface area contributed by atoms with Crippen LogP contribution in [0.25, 0.3) is 0 Å². The number of halogens is 1. The van der Waals surface area contributed by atoms with Crippen molar-refractivity contribution in [1.29, 1.82) is 0 Å². The zero-order chi connectivity index (χ0) is 14.3. The molecule has 0 bridgehead atoms. The number of methoxy groups -OCH3 is 1. The summed E-state index contributed by atoms with van der Waals surface area (Å²) in [7, 11) is 1.35. The molecule has 0 unspecified atom stereocenters. The van der Waals surface area contributed by atoms with Gasteiger partial charge in [0.25, 0.3) is 0 Å². The van der Waals surface area contributed by atoms with E-state index in [9.17, 15) is 9.59 Å². The van der Waals surface area contributed by atoms with Gasteiger partial charge in [0.2, 0.25) is 0 Å². The Bertz CT molecular complexity index is 457. The zero-order valence-corrected chi connectivity index (χ0v) is 11.8. The summed E-state index contributed by atoms with van der Waals surface area (Å²) in [6.45, 7) is 2.07. The van der Waals surface area contributed by atoms with Gasteiger partial charge in [-0.15, -0.1) is 11.6 Å². The van der Waals surface area contributed by atoms with E-state index in [0.29, 0.717) is 24.5 Å². The molecule has 1 aromatic rings. The lowest BCUT2D eigenvalue weighted by molar-refractivity contribution is -0.140. The maximum atomic E-state index is 11.7. The van der Waals surface area contributed by atoms with Gasteiger partial charge in [-0.05, 0) is 36.6 Å². The normalized spacial score (nSPS) is 10.1. The standard InChI is InChI=1S/C14H17ClO4/c1-3-19-14(17)12-7-10(4-5-13(16)18-2)6-11(8-12)9-15/h6-8H,3-5,9H2,1-2H3. The van der Waals surface area contributed by atoms with Crippen LogP contribution in [-0.4, -0.2) is 25.7 Å². The largest absolute Gasteiger partial charge is 0.469 e. The molecule has 0 aromatic heterocycles. The van der Waals surface area contributed by atoms with E-state index in [4.69, 9.17) is 16.3 Å². The molecule has 0 heterocycles. The SMILES string of the molecule is CCOC(=O)c1cc(CCl)cc(CCC(=O)OC)c1. The summed E-state index contributed by atoms with van der Waals surface area (Å²) in [5, 5.41) is 0. The van der Waals surface area contributed by atoms with Gasteiger partial charge >= 0.3 is 11.9 Å². The van der Waals surface area contributed by atoms with E-state index in [1.807, 2.05) is 6.07 Å². The molecular formula is C14H17ClO4. The highest BCUT2D eigenvalue weighted by atomic mass is 35.5. The first-order chi connectivity index (χ1) is 9.10. The van der Waals surface area contributed by atoms with Crippen molar-refractivity contribution in [2.75, 3.05) is 13.7 Å². The highest BCUT2D eigenvalue weighted by Gasteiger charge is 2.10. The maximum Gasteiger partial charge on any atom is 0.338 e. The van der Waals surface area contributed by atoms with Crippen LogP contribution in [0.4, 0.5) is 0 Å². The summed E-state index contributed by atoms with van der Waals surface area (Å²) >= 11 is 5.80. The van der Waals surface area contributed by atoms with Gasteiger partial charge in [0, 0.05) is 12.3 Å². The minimum Gasteiger partial charge on any atom is -0.469 e. The molecule has 1 rings (SSSR count). The molecule has 0 fully saturated rings. The highest BCUT2D eigenvalue weighted by Crippen LogP contribution is 2.15. The monoisotopic (exact) mass is 284 g/mol. The number of carbonyl (C=O) groups excluding carboxylic acids is 2. The van der Waals surface area contributed by atoms with E-state index in [0.717, 1.165) is 11.1 Å². The summed E-state index contributed by atoms with van der Waals surface area (Å²) in [5.74, 6) is -0.360. The molecule has 0 aliphatic heterocycles. The first kappa shape index (κ1) is 15.5. The van der Waals surface area contributed by atoms with Gasteiger partial charge in [0.1, 0.15) is 0 Å². The Labute approximate surface area is 117 Å². The third-order valence-corrected chi connectivity index (χ3v) is 2.87. The van der Waals surface area contributed by atoms with Crippen molar-refractivity contribution in [3.05, 3.63) is 34.9 Å². The number of benzene rings is 1. The molecule has 0 amide bonds. The lowest BCUT2D eigenvalue weighted by Gasteiger charge is -2.08. The Kier molecular flexibility index (Phi) is 6.36. The molecule has 0 atom stereocenters. The predicted molar refractivity (Wildman–Crippen MR) is 72.3 cm³/mol. The first-order valence-electron chi connectivity index (χ1n) is 6.03. The van der Waals surface area contributed by atoms with Crippen LogP contribution in [0, 0.1) is 0 Å². The second-order valence-corrected chi connectivity index (χ2v) is 4.24. The fraction of sp³-hybridized carbons (Fsp3) is 0.429. The molecule has 0 aliphatic rings. The van der Waals surface area contributed by atoms with Crippen LogP contribution in [0.3, 0.4) is 0 Å². The van der Waals surface area contributed by atoms with Crippen LogP contribution in [0.2, 0.25) is 0 Å². The number of esters is 2. The van der Waals surface area contributed by atoms with Crippen LogP contribution in [0.5, 0.6) is 0 Å². The van der Waals surface area contributed by atoms with Gasteiger partial charge in [0.05, 0.1) is 19.3 Å². The van der Waals surface area contributed by atoms with E-state index in [-0.39, 0.29) is 18.4 Å². The van der Waals surface area contributed by atoms with Crippen LogP contribution >= 0.6 is 11.6 Å². The quantitative estimate of drug-likeness (QED) is 0.595. The van der Waals surface area contributed by atoms with Crippen molar-refractivity contribution in [1.82, 2.24) is 0 Å². The van der Waals surface area contributed by atoms with Crippen LogP contribution in [0.1, 0.15) is 34.8 Å². The summed E-state index contributed by atoms with van der Waals surface area (Å²) in [6.07, 6.45) is 0.772. The molecule has 0 spiro atoms. The number of ether oxygens (including phenoxy) is 2. The number of rotatable bonds is 6. The molecular weight excluding hydrogens is 268 g/mol. The number of alkyl halides is 1. The minimum absolute atomic E-state index is 0.268. The molecule has 0 radical (unpaired) electrons. The average Bonchev–Trinajstić information content (AvgIpc) is 2.44. The van der Waals surface area contributed by atoms with Crippen molar-refractivity contribution in [3.8, 4) is 0 Å². The Morgan fingerprint density at radius 2 is 1.89 bits per heavy atom. The molecule has 0 aliphatic carbocycles. The fourth-order valence-corrected chi connectivity index (χ4v) is 1.82. The molecule has 5 heteroatoms. The molecule has 104 valence electrons. The smallest absolute Gasteiger partial charge is 0.338 e. The van der Waals surface area contributed by atoms with Gasteiger partial charge in [-0.1, -0.05) is 6.07 Å². The average molecular weight is 285 g/mol. The van der Waals surface area contributed by atoms with Crippen molar-refractivity contribution < 1.29 is 19.1 Å². The first-order valence-corrected chi connectivity index (χ1v) is 6.57. The summed E-state index contributed by atoms with van der Waals surface area (Å²) < 4.78 is 9.54. The Morgan fingerprint density at radius 1 is 1.21 bits per heavy atom. The number of aryl methyl sites for hydroxylation is 1. The third-order valence-electron chi connectivity index (χ3n) is 2.56. The number of carbonyl (C=O) groups is 2. The Morgan fingerprint density at radius 3 is 2.47 bits per heavy atom. The Hall–Kier alpha value is -1.55. The van der Waals surface area contributed by atoms with E-state index < -0.39 is 0 Å². The van der Waals surface area contributed by atoms with Crippen molar-refractivity contribution in [3.63, 3.8) is 0 Å². The second-order valence-electron chi connectivity index (χ2n) is 3.97.